The number of aromatic nitrogens is 1. The average Bonchev–Trinajstić information content (AvgIpc) is 2.04. The van der Waals surface area contributed by atoms with E-state index in [1.165, 1.54) is 13.0 Å². The number of rotatable bonds is 2. The van der Waals surface area contributed by atoms with E-state index in [9.17, 15) is 9.18 Å². The first-order valence-electron chi connectivity index (χ1n) is 3.98. The topological polar surface area (TPSA) is 42.0 Å². The van der Waals surface area contributed by atoms with Gasteiger partial charge in [0.15, 0.2) is 0 Å². The Morgan fingerprint density at radius 2 is 2.31 bits per heavy atom. The molecule has 1 aromatic rings. The van der Waals surface area contributed by atoms with Crippen molar-refractivity contribution in [3.05, 3.63) is 29.8 Å². The zero-order chi connectivity index (χ0) is 9.84. The highest BCUT2D eigenvalue weighted by molar-refractivity contribution is 5.73. The monoisotopic (exact) mass is 182 g/mol. The molecule has 1 atom stereocenters. The Morgan fingerprint density at radius 3 is 2.77 bits per heavy atom. The lowest BCUT2D eigenvalue weighted by Gasteiger charge is -2.10. The van der Waals surface area contributed by atoms with Crippen LogP contribution in [0.4, 0.5) is 4.39 Å². The van der Waals surface area contributed by atoms with Crippen LogP contribution in [0.3, 0.4) is 0 Å². The van der Waals surface area contributed by atoms with Gasteiger partial charge in [-0.05, 0) is 19.1 Å². The van der Waals surface area contributed by atoms with Gasteiger partial charge < -0.3 is 5.32 Å². The van der Waals surface area contributed by atoms with Crippen molar-refractivity contribution in [2.24, 2.45) is 0 Å². The average molecular weight is 182 g/mol. The minimum Gasteiger partial charge on any atom is -0.348 e. The summed E-state index contributed by atoms with van der Waals surface area (Å²) in [5.41, 5.74) is 0.650. The maximum Gasteiger partial charge on any atom is 0.217 e. The lowest BCUT2D eigenvalue weighted by Crippen LogP contribution is -2.24. The van der Waals surface area contributed by atoms with Crippen LogP contribution in [0.5, 0.6) is 0 Å². The van der Waals surface area contributed by atoms with E-state index in [1.54, 1.807) is 13.0 Å². The molecule has 13 heavy (non-hydrogen) atoms. The predicted molar refractivity (Wildman–Crippen MR) is 46.4 cm³/mol. The Morgan fingerprint density at radius 1 is 1.62 bits per heavy atom. The van der Waals surface area contributed by atoms with Crippen molar-refractivity contribution in [1.29, 1.82) is 0 Å². The molecule has 0 aromatic carbocycles. The Kier molecular flexibility index (Phi) is 2.95. The number of amides is 1. The van der Waals surface area contributed by atoms with Crippen molar-refractivity contribution in [1.82, 2.24) is 10.3 Å². The zero-order valence-corrected chi connectivity index (χ0v) is 7.54. The lowest BCUT2D eigenvalue weighted by atomic mass is 10.2. The summed E-state index contributed by atoms with van der Waals surface area (Å²) in [4.78, 5) is 14.5. The van der Waals surface area contributed by atoms with E-state index in [0.717, 1.165) is 6.20 Å². The molecule has 0 aliphatic carbocycles. The van der Waals surface area contributed by atoms with E-state index < -0.39 is 0 Å². The summed E-state index contributed by atoms with van der Waals surface area (Å²) in [7, 11) is 0. The maximum atomic E-state index is 12.5. The highest BCUT2D eigenvalue weighted by atomic mass is 19.1. The van der Waals surface area contributed by atoms with Crippen molar-refractivity contribution in [2.75, 3.05) is 0 Å². The van der Waals surface area contributed by atoms with Crippen LogP contribution in [0.1, 0.15) is 25.6 Å². The summed E-state index contributed by atoms with van der Waals surface area (Å²) in [5.74, 6) is -0.502. The van der Waals surface area contributed by atoms with Gasteiger partial charge in [-0.3, -0.25) is 9.78 Å². The molecular formula is C9H11FN2O. The number of carbonyl (C=O) groups excluding carboxylic acids is 1. The van der Waals surface area contributed by atoms with Crippen molar-refractivity contribution >= 4 is 5.91 Å². The van der Waals surface area contributed by atoms with Gasteiger partial charge in [0.25, 0.3) is 0 Å². The van der Waals surface area contributed by atoms with E-state index in [-0.39, 0.29) is 17.8 Å². The fourth-order valence-electron chi connectivity index (χ4n) is 1.02. The van der Waals surface area contributed by atoms with Gasteiger partial charge in [0, 0.05) is 6.92 Å². The number of nitrogens with one attached hydrogen (secondary N) is 1. The van der Waals surface area contributed by atoms with Crippen LogP contribution in [0, 0.1) is 5.82 Å². The molecule has 0 saturated heterocycles. The fourth-order valence-corrected chi connectivity index (χ4v) is 1.02. The molecule has 0 fully saturated rings. The van der Waals surface area contributed by atoms with Crippen molar-refractivity contribution in [3.8, 4) is 0 Å². The molecule has 1 amide bonds. The highest BCUT2D eigenvalue weighted by Crippen LogP contribution is 2.08. The van der Waals surface area contributed by atoms with Crippen LogP contribution in [0.2, 0.25) is 0 Å². The van der Waals surface area contributed by atoms with E-state index >= 15 is 0 Å². The van der Waals surface area contributed by atoms with Crippen LogP contribution in [0.15, 0.2) is 18.3 Å². The molecule has 0 aliphatic rings. The van der Waals surface area contributed by atoms with Gasteiger partial charge in [-0.15, -0.1) is 0 Å². The summed E-state index contributed by atoms with van der Waals surface area (Å²) in [6.07, 6.45) is 1.13. The van der Waals surface area contributed by atoms with Crippen LogP contribution in [0.25, 0.3) is 0 Å². The predicted octanol–water partition coefficient (Wildman–Crippen LogP) is 1.42. The normalized spacial score (nSPS) is 12.2. The van der Waals surface area contributed by atoms with Gasteiger partial charge >= 0.3 is 0 Å². The maximum absolute atomic E-state index is 12.5. The first-order chi connectivity index (χ1) is 6.09. The molecule has 4 heteroatoms. The van der Waals surface area contributed by atoms with Crippen LogP contribution < -0.4 is 5.32 Å². The Balaban J connectivity index is 2.71. The number of pyridine rings is 1. The minimum atomic E-state index is -0.376. The standard InChI is InChI=1S/C9H11FN2O/c1-6(12-7(2)13)9-4-3-8(10)5-11-9/h3-6H,1-2H3,(H,12,13)/t6-/m1/s1. The van der Waals surface area contributed by atoms with Gasteiger partial charge in [-0.1, -0.05) is 0 Å². The number of nitrogens with zero attached hydrogens (tertiary/aromatic N) is 1. The van der Waals surface area contributed by atoms with Gasteiger partial charge in [0.05, 0.1) is 17.9 Å². The molecular weight excluding hydrogens is 171 g/mol. The van der Waals surface area contributed by atoms with E-state index in [0.29, 0.717) is 5.69 Å². The SMILES string of the molecule is CC(=O)N[C@H](C)c1ccc(F)cn1. The summed E-state index contributed by atoms with van der Waals surface area (Å²) < 4.78 is 12.5. The number of carbonyl (C=O) groups is 1. The van der Waals surface area contributed by atoms with Gasteiger partial charge in [-0.2, -0.15) is 0 Å². The van der Waals surface area contributed by atoms with Crippen molar-refractivity contribution in [2.45, 2.75) is 19.9 Å². The molecule has 0 spiro atoms. The summed E-state index contributed by atoms with van der Waals surface area (Å²) in [6, 6.07) is 2.69. The largest absolute Gasteiger partial charge is 0.348 e. The van der Waals surface area contributed by atoms with Crippen molar-refractivity contribution in [3.63, 3.8) is 0 Å². The smallest absolute Gasteiger partial charge is 0.217 e. The third-order valence-corrected chi connectivity index (χ3v) is 1.61. The molecule has 0 bridgehead atoms. The first-order valence-corrected chi connectivity index (χ1v) is 3.98. The summed E-state index contributed by atoms with van der Waals surface area (Å²) in [6.45, 7) is 3.22. The molecule has 1 aromatic heterocycles. The third-order valence-electron chi connectivity index (χ3n) is 1.61. The number of hydrogen-bond acceptors (Lipinski definition) is 2. The highest BCUT2D eigenvalue weighted by Gasteiger charge is 2.06. The Hall–Kier alpha value is -1.45. The van der Waals surface area contributed by atoms with Crippen LogP contribution in [-0.4, -0.2) is 10.9 Å². The minimum absolute atomic E-state index is 0.126. The molecule has 0 aliphatic heterocycles. The molecule has 1 rings (SSSR count). The van der Waals surface area contributed by atoms with Crippen LogP contribution >= 0.6 is 0 Å². The second-order valence-corrected chi connectivity index (χ2v) is 2.82. The van der Waals surface area contributed by atoms with E-state index in [1.807, 2.05) is 0 Å². The van der Waals surface area contributed by atoms with E-state index in [4.69, 9.17) is 0 Å². The third kappa shape index (κ3) is 2.82. The second-order valence-electron chi connectivity index (χ2n) is 2.82. The lowest BCUT2D eigenvalue weighted by molar-refractivity contribution is -0.119. The number of halogens is 1. The molecule has 1 N–H and O–H groups in total. The molecule has 70 valence electrons. The Labute approximate surface area is 76.0 Å². The van der Waals surface area contributed by atoms with E-state index in [2.05, 4.69) is 10.3 Å². The van der Waals surface area contributed by atoms with Crippen LogP contribution in [-0.2, 0) is 4.79 Å². The zero-order valence-electron chi connectivity index (χ0n) is 7.54. The second kappa shape index (κ2) is 3.98. The first kappa shape index (κ1) is 9.64. The quantitative estimate of drug-likeness (QED) is 0.751. The molecule has 0 radical (unpaired) electrons. The van der Waals surface area contributed by atoms with Gasteiger partial charge in [0.1, 0.15) is 5.82 Å². The molecule has 3 nitrogen and oxygen atoms in total. The fraction of sp³-hybridized carbons (Fsp3) is 0.333. The van der Waals surface area contributed by atoms with Gasteiger partial charge in [-0.25, -0.2) is 4.39 Å². The summed E-state index contributed by atoms with van der Waals surface area (Å²) in [5, 5.41) is 2.65. The molecule has 1 heterocycles. The summed E-state index contributed by atoms with van der Waals surface area (Å²) >= 11 is 0. The van der Waals surface area contributed by atoms with Gasteiger partial charge in [0.2, 0.25) is 5.91 Å². The Bertz CT molecular complexity index is 297. The molecule has 0 unspecified atom stereocenters. The number of hydrogen-bond donors (Lipinski definition) is 1. The van der Waals surface area contributed by atoms with Crippen molar-refractivity contribution < 1.29 is 9.18 Å². The molecule has 0 saturated carbocycles.